The second-order valence-electron chi connectivity index (χ2n) is 3.61. The Hall–Kier alpha value is -1.35. The molecule has 0 spiro atoms. The lowest BCUT2D eigenvalue weighted by Crippen LogP contribution is -2.34. The number of carbonyl (C=O) groups excluding carboxylic acids is 1. The first-order chi connectivity index (χ1) is 6.50. The van der Waals surface area contributed by atoms with Gasteiger partial charge in [0.15, 0.2) is 0 Å². The summed E-state index contributed by atoms with van der Waals surface area (Å²) < 4.78 is 0. The molecule has 0 heterocycles. The van der Waals surface area contributed by atoms with Gasteiger partial charge in [-0.15, -0.1) is 0 Å². The Balaban J connectivity index is 2.86. The average molecular weight is 192 g/mol. The van der Waals surface area contributed by atoms with Crippen LogP contribution in [0.4, 0.5) is 0 Å². The standard InChI is InChI=1S/C11H16N2O/c1-8-4-5-9(2)10(6-8)7-11(14)13(3)12/h4-6H,7,12H2,1-3H3. The van der Waals surface area contributed by atoms with Gasteiger partial charge in [0, 0.05) is 7.05 Å². The predicted molar refractivity (Wildman–Crippen MR) is 56.6 cm³/mol. The highest BCUT2D eigenvalue weighted by molar-refractivity contribution is 5.78. The van der Waals surface area contributed by atoms with Crippen LogP contribution in [0.3, 0.4) is 0 Å². The van der Waals surface area contributed by atoms with Crippen LogP contribution in [0.1, 0.15) is 16.7 Å². The van der Waals surface area contributed by atoms with E-state index in [0.29, 0.717) is 6.42 Å². The number of amides is 1. The summed E-state index contributed by atoms with van der Waals surface area (Å²) in [5.74, 6) is 5.29. The van der Waals surface area contributed by atoms with Crippen LogP contribution in [0.5, 0.6) is 0 Å². The van der Waals surface area contributed by atoms with E-state index in [4.69, 9.17) is 5.84 Å². The van der Waals surface area contributed by atoms with Gasteiger partial charge in [-0.05, 0) is 25.0 Å². The molecule has 14 heavy (non-hydrogen) atoms. The molecule has 3 nitrogen and oxygen atoms in total. The average Bonchev–Trinajstić information content (AvgIpc) is 2.11. The molecular weight excluding hydrogens is 176 g/mol. The van der Waals surface area contributed by atoms with Gasteiger partial charge in [0.2, 0.25) is 5.91 Å². The van der Waals surface area contributed by atoms with E-state index < -0.39 is 0 Å². The number of rotatable bonds is 2. The van der Waals surface area contributed by atoms with Gasteiger partial charge >= 0.3 is 0 Å². The van der Waals surface area contributed by atoms with E-state index in [1.807, 2.05) is 32.0 Å². The zero-order valence-electron chi connectivity index (χ0n) is 8.87. The van der Waals surface area contributed by atoms with Crippen LogP contribution in [-0.2, 0) is 11.2 Å². The van der Waals surface area contributed by atoms with Crippen LogP contribution >= 0.6 is 0 Å². The maximum absolute atomic E-state index is 11.4. The molecule has 0 saturated heterocycles. The molecule has 0 atom stereocenters. The van der Waals surface area contributed by atoms with E-state index in [0.717, 1.165) is 21.7 Å². The third-order valence-electron chi connectivity index (χ3n) is 2.24. The molecule has 76 valence electrons. The summed E-state index contributed by atoms with van der Waals surface area (Å²) in [4.78, 5) is 11.4. The minimum Gasteiger partial charge on any atom is -0.284 e. The Morgan fingerprint density at radius 3 is 2.64 bits per heavy atom. The molecule has 0 unspecified atom stereocenters. The van der Waals surface area contributed by atoms with Gasteiger partial charge in [-0.25, -0.2) is 5.84 Å². The third kappa shape index (κ3) is 2.57. The highest BCUT2D eigenvalue weighted by Crippen LogP contribution is 2.11. The number of hydrogen-bond donors (Lipinski definition) is 1. The van der Waals surface area contributed by atoms with Crippen LogP contribution in [0, 0.1) is 13.8 Å². The van der Waals surface area contributed by atoms with Crippen molar-refractivity contribution in [2.24, 2.45) is 5.84 Å². The molecule has 0 saturated carbocycles. The Kier molecular flexibility index (Phi) is 3.25. The number of nitrogens with two attached hydrogens (primary N) is 1. The van der Waals surface area contributed by atoms with E-state index in [9.17, 15) is 4.79 Å². The van der Waals surface area contributed by atoms with Gasteiger partial charge in [-0.1, -0.05) is 23.8 Å². The largest absolute Gasteiger partial charge is 0.284 e. The minimum atomic E-state index is -0.0706. The smallest absolute Gasteiger partial charge is 0.240 e. The number of hydrogen-bond acceptors (Lipinski definition) is 2. The van der Waals surface area contributed by atoms with Crippen LogP contribution in [0.2, 0.25) is 0 Å². The third-order valence-corrected chi connectivity index (χ3v) is 2.24. The first-order valence-corrected chi connectivity index (χ1v) is 4.58. The first kappa shape index (κ1) is 10.7. The van der Waals surface area contributed by atoms with Gasteiger partial charge in [0.1, 0.15) is 0 Å². The number of benzene rings is 1. The molecule has 0 aliphatic rings. The summed E-state index contributed by atoms with van der Waals surface area (Å²) in [6, 6.07) is 6.08. The monoisotopic (exact) mass is 192 g/mol. The lowest BCUT2D eigenvalue weighted by Gasteiger charge is -2.11. The van der Waals surface area contributed by atoms with Crippen LogP contribution in [0.25, 0.3) is 0 Å². The van der Waals surface area contributed by atoms with Crippen molar-refractivity contribution in [1.82, 2.24) is 5.01 Å². The fourth-order valence-electron chi connectivity index (χ4n) is 1.28. The van der Waals surface area contributed by atoms with E-state index in [-0.39, 0.29) is 5.91 Å². The topological polar surface area (TPSA) is 46.3 Å². The SMILES string of the molecule is Cc1ccc(C)c(CC(=O)N(C)N)c1. The van der Waals surface area contributed by atoms with Crippen LogP contribution < -0.4 is 5.84 Å². The molecule has 0 fully saturated rings. The first-order valence-electron chi connectivity index (χ1n) is 4.58. The lowest BCUT2D eigenvalue weighted by atomic mass is 10.0. The normalized spacial score (nSPS) is 10.0. The second kappa shape index (κ2) is 4.24. The van der Waals surface area contributed by atoms with Gasteiger partial charge in [0.25, 0.3) is 0 Å². The van der Waals surface area contributed by atoms with E-state index in [1.165, 1.54) is 0 Å². The highest BCUT2D eigenvalue weighted by atomic mass is 16.2. The second-order valence-corrected chi connectivity index (χ2v) is 3.61. The van der Waals surface area contributed by atoms with Gasteiger partial charge in [0.05, 0.1) is 6.42 Å². The lowest BCUT2D eigenvalue weighted by molar-refractivity contribution is -0.129. The Morgan fingerprint density at radius 2 is 2.07 bits per heavy atom. The maximum atomic E-state index is 11.4. The maximum Gasteiger partial charge on any atom is 0.240 e. The molecule has 0 radical (unpaired) electrons. The zero-order valence-corrected chi connectivity index (χ0v) is 8.87. The Labute approximate surface area is 84.5 Å². The summed E-state index contributed by atoms with van der Waals surface area (Å²) in [6.45, 7) is 4.01. The zero-order chi connectivity index (χ0) is 10.7. The fraction of sp³-hybridized carbons (Fsp3) is 0.364. The van der Waals surface area contributed by atoms with Gasteiger partial charge < -0.3 is 0 Å². The number of aryl methyl sites for hydroxylation is 2. The van der Waals surface area contributed by atoms with Gasteiger partial charge in [-0.2, -0.15) is 0 Å². The predicted octanol–water partition coefficient (Wildman–Crippen LogP) is 1.18. The van der Waals surface area contributed by atoms with Crippen molar-refractivity contribution in [2.75, 3.05) is 7.05 Å². The molecule has 1 aromatic rings. The minimum absolute atomic E-state index is 0.0706. The van der Waals surface area contributed by atoms with Gasteiger partial charge in [-0.3, -0.25) is 9.80 Å². The number of nitrogens with zero attached hydrogens (tertiary/aromatic N) is 1. The van der Waals surface area contributed by atoms with Crippen molar-refractivity contribution < 1.29 is 4.79 Å². The molecule has 0 aliphatic carbocycles. The number of likely N-dealkylation sites (N-methyl/N-ethyl adjacent to an activating group) is 1. The number of carbonyl (C=O) groups is 1. The van der Waals surface area contributed by atoms with Crippen LogP contribution in [-0.4, -0.2) is 18.0 Å². The van der Waals surface area contributed by atoms with Crippen molar-refractivity contribution in [3.05, 3.63) is 34.9 Å². The highest BCUT2D eigenvalue weighted by Gasteiger charge is 2.07. The molecule has 0 bridgehead atoms. The van der Waals surface area contributed by atoms with Crippen molar-refractivity contribution in [3.8, 4) is 0 Å². The van der Waals surface area contributed by atoms with E-state index in [1.54, 1.807) is 7.05 Å². The summed E-state index contributed by atoms with van der Waals surface area (Å²) in [5, 5.41) is 1.13. The quantitative estimate of drug-likeness (QED) is 0.434. The van der Waals surface area contributed by atoms with E-state index in [2.05, 4.69) is 0 Å². The van der Waals surface area contributed by atoms with Crippen molar-refractivity contribution in [1.29, 1.82) is 0 Å². The summed E-state index contributed by atoms with van der Waals surface area (Å²) in [5.41, 5.74) is 3.34. The summed E-state index contributed by atoms with van der Waals surface area (Å²) >= 11 is 0. The molecule has 3 heteroatoms. The molecular formula is C11H16N2O. The molecule has 0 aliphatic heterocycles. The Morgan fingerprint density at radius 1 is 1.43 bits per heavy atom. The van der Waals surface area contributed by atoms with Crippen LogP contribution in [0.15, 0.2) is 18.2 Å². The number of hydrazine groups is 1. The van der Waals surface area contributed by atoms with Crippen molar-refractivity contribution in [2.45, 2.75) is 20.3 Å². The Bertz CT molecular complexity index is 345. The molecule has 2 N–H and O–H groups in total. The molecule has 0 aromatic heterocycles. The van der Waals surface area contributed by atoms with Crippen molar-refractivity contribution >= 4 is 5.91 Å². The summed E-state index contributed by atoms with van der Waals surface area (Å²) in [6.07, 6.45) is 0.376. The molecule has 1 rings (SSSR count). The summed E-state index contributed by atoms with van der Waals surface area (Å²) in [7, 11) is 1.56. The van der Waals surface area contributed by atoms with Crippen molar-refractivity contribution in [3.63, 3.8) is 0 Å². The molecule has 1 aromatic carbocycles. The fourth-order valence-corrected chi connectivity index (χ4v) is 1.28. The van der Waals surface area contributed by atoms with E-state index >= 15 is 0 Å². The molecule has 1 amide bonds.